The summed E-state index contributed by atoms with van der Waals surface area (Å²) in [5.41, 5.74) is -1.82. The van der Waals surface area contributed by atoms with E-state index in [2.05, 4.69) is 6.92 Å². The van der Waals surface area contributed by atoms with Crippen LogP contribution >= 0.6 is 0 Å². The number of carbonyl (C=O) groups is 1. The van der Waals surface area contributed by atoms with Gasteiger partial charge in [0.1, 0.15) is 5.56 Å². The molecule has 0 aromatic carbocycles. The number of carboxylic acid groups (broad SMARTS) is 1. The maximum absolute atomic E-state index is 11.6. The molecule has 1 aromatic heterocycles. The summed E-state index contributed by atoms with van der Waals surface area (Å²) in [5.74, 6) is -1.33. The predicted octanol–water partition coefficient (Wildman–Crippen LogP) is 1.38. The van der Waals surface area contributed by atoms with Crippen LogP contribution < -0.4 is 11.2 Å². The van der Waals surface area contributed by atoms with Crippen molar-refractivity contribution in [1.82, 2.24) is 9.55 Å². The average Bonchev–Trinajstić information content (AvgIpc) is 2.28. The molecule has 100 valence electrons. The highest BCUT2D eigenvalue weighted by Gasteiger charge is 2.14. The number of aromatic nitrogens is 2. The van der Waals surface area contributed by atoms with E-state index < -0.39 is 22.8 Å². The van der Waals surface area contributed by atoms with Gasteiger partial charge in [-0.1, -0.05) is 26.2 Å². The van der Waals surface area contributed by atoms with E-state index in [4.69, 9.17) is 5.11 Å². The Balaban J connectivity index is 3.01. The van der Waals surface area contributed by atoms with Gasteiger partial charge in [0, 0.05) is 12.2 Å². The van der Waals surface area contributed by atoms with Crippen LogP contribution in [0.1, 0.15) is 55.9 Å². The third-order valence-corrected chi connectivity index (χ3v) is 2.90. The van der Waals surface area contributed by atoms with Crippen LogP contribution in [0.2, 0.25) is 0 Å². The van der Waals surface area contributed by atoms with Crippen molar-refractivity contribution in [2.45, 2.75) is 45.6 Å². The van der Waals surface area contributed by atoms with E-state index in [0.717, 1.165) is 31.9 Å². The first-order chi connectivity index (χ1) is 8.47. The predicted molar refractivity (Wildman–Crippen MR) is 67.1 cm³/mol. The molecule has 1 unspecified atom stereocenters. The van der Waals surface area contributed by atoms with Crippen LogP contribution in [0.15, 0.2) is 15.8 Å². The first-order valence-corrected chi connectivity index (χ1v) is 6.06. The summed E-state index contributed by atoms with van der Waals surface area (Å²) in [6, 6.07) is -0.126. The molecular weight excluding hydrogens is 236 g/mol. The topological polar surface area (TPSA) is 92.2 Å². The van der Waals surface area contributed by atoms with E-state index in [9.17, 15) is 14.4 Å². The molecule has 18 heavy (non-hydrogen) atoms. The zero-order valence-electron chi connectivity index (χ0n) is 10.6. The minimum Gasteiger partial charge on any atom is -0.477 e. The molecule has 6 nitrogen and oxygen atoms in total. The van der Waals surface area contributed by atoms with Crippen LogP contribution in [-0.4, -0.2) is 20.6 Å². The van der Waals surface area contributed by atoms with Crippen molar-refractivity contribution in [3.05, 3.63) is 32.6 Å². The number of nitrogens with zero attached hydrogens (tertiary/aromatic N) is 1. The molecule has 0 amide bonds. The van der Waals surface area contributed by atoms with Gasteiger partial charge >= 0.3 is 11.7 Å². The number of hydrogen-bond acceptors (Lipinski definition) is 3. The summed E-state index contributed by atoms with van der Waals surface area (Å²) >= 11 is 0. The Morgan fingerprint density at radius 2 is 2.11 bits per heavy atom. The number of aromatic amines is 1. The second kappa shape index (κ2) is 6.18. The molecular formula is C12H18N2O4. The van der Waals surface area contributed by atoms with Gasteiger partial charge in [-0.05, 0) is 13.3 Å². The van der Waals surface area contributed by atoms with E-state index in [1.54, 1.807) is 0 Å². The van der Waals surface area contributed by atoms with Crippen molar-refractivity contribution >= 4 is 5.97 Å². The molecule has 0 radical (unpaired) electrons. The number of hydrogen-bond donors (Lipinski definition) is 2. The highest BCUT2D eigenvalue weighted by atomic mass is 16.4. The van der Waals surface area contributed by atoms with Crippen LogP contribution in [0.3, 0.4) is 0 Å². The molecule has 0 spiro atoms. The van der Waals surface area contributed by atoms with Crippen molar-refractivity contribution < 1.29 is 9.90 Å². The Hall–Kier alpha value is -1.85. The van der Waals surface area contributed by atoms with Gasteiger partial charge in [0.05, 0.1) is 0 Å². The maximum atomic E-state index is 11.6. The van der Waals surface area contributed by atoms with Gasteiger partial charge in [0.25, 0.3) is 5.56 Å². The molecule has 1 aromatic rings. The molecule has 2 N–H and O–H groups in total. The fourth-order valence-corrected chi connectivity index (χ4v) is 1.79. The fraction of sp³-hybridized carbons (Fsp3) is 0.583. The van der Waals surface area contributed by atoms with E-state index in [1.807, 2.05) is 11.9 Å². The van der Waals surface area contributed by atoms with Gasteiger partial charge in [-0.2, -0.15) is 0 Å². The SMILES string of the molecule is CCCCCC(C)n1cc(C(=O)O)c(=O)[nH]c1=O. The molecule has 0 aliphatic rings. The number of unbranched alkanes of at least 4 members (excludes halogenated alkanes) is 2. The summed E-state index contributed by atoms with van der Waals surface area (Å²) in [6.07, 6.45) is 5.01. The van der Waals surface area contributed by atoms with E-state index >= 15 is 0 Å². The van der Waals surface area contributed by atoms with E-state index in [0.29, 0.717) is 0 Å². The standard InChI is InChI=1S/C12H18N2O4/c1-3-4-5-6-8(2)14-7-9(11(16)17)10(15)13-12(14)18/h7-8H,3-6H2,1-2H3,(H,16,17)(H,13,15,18). The van der Waals surface area contributed by atoms with Crippen molar-refractivity contribution in [1.29, 1.82) is 0 Å². The van der Waals surface area contributed by atoms with Crippen LogP contribution in [0.25, 0.3) is 0 Å². The van der Waals surface area contributed by atoms with Gasteiger partial charge < -0.3 is 5.11 Å². The summed E-state index contributed by atoms with van der Waals surface area (Å²) in [4.78, 5) is 35.7. The summed E-state index contributed by atoms with van der Waals surface area (Å²) in [7, 11) is 0. The first-order valence-electron chi connectivity index (χ1n) is 6.06. The zero-order chi connectivity index (χ0) is 13.7. The molecule has 0 saturated heterocycles. The van der Waals surface area contributed by atoms with E-state index in [-0.39, 0.29) is 6.04 Å². The molecule has 1 atom stereocenters. The van der Waals surface area contributed by atoms with Crippen LogP contribution in [-0.2, 0) is 0 Å². The Morgan fingerprint density at radius 3 is 2.67 bits per heavy atom. The number of H-pyrrole nitrogens is 1. The Labute approximate surface area is 104 Å². The molecule has 0 saturated carbocycles. The van der Waals surface area contributed by atoms with Gasteiger partial charge in [-0.15, -0.1) is 0 Å². The number of nitrogens with one attached hydrogen (secondary N) is 1. The summed E-state index contributed by atoms with van der Waals surface area (Å²) in [5, 5.41) is 8.84. The van der Waals surface area contributed by atoms with Crippen LogP contribution in [0, 0.1) is 0 Å². The highest BCUT2D eigenvalue weighted by Crippen LogP contribution is 2.12. The third kappa shape index (κ3) is 3.32. The normalized spacial score (nSPS) is 12.3. The van der Waals surface area contributed by atoms with Crippen molar-refractivity contribution in [3.63, 3.8) is 0 Å². The van der Waals surface area contributed by atoms with E-state index in [1.165, 1.54) is 4.57 Å². The summed E-state index contributed by atoms with van der Waals surface area (Å²) in [6.45, 7) is 3.92. The quantitative estimate of drug-likeness (QED) is 0.750. The van der Waals surface area contributed by atoms with Crippen molar-refractivity contribution in [2.75, 3.05) is 0 Å². The second-order valence-corrected chi connectivity index (χ2v) is 4.36. The third-order valence-electron chi connectivity index (χ3n) is 2.90. The lowest BCUT2D eigenvalue weighted by Crippen LogP contribution is -2.34. The Morgan fingerprint density at radius 1 is 1.44 bits per heavy atom. The number of aromatic carboxylic acids is 1. The largest absolute Gasteiger partial charge is 0.477 e. The molecule has 0 aliphatic carbocycles. The lowest BCUT2D eigenvalue weighted by molar-refractivity contribution is 0.0693. The molecule has 0 fully saturated rings. The van der Waals surface area contributed by atoms with Gasteiger partial charge in [-0.3, -0.25) is 14.3 Å². The molecule has 1 rings (SSSR count). The lowest BCUT2D eigenvalue weighted by atomic mass is 10.1. The molecule has 1 heterocycles. The number of carboxylic acids is 1. The number of rotatable bonds is 6. The summed E-state index contributed by atoms with van der Waals surface area (Å²) < 4.78 is 1.28. The van der Waals surface area contributed by atoms with Crippen molar-refractivity contribution in [2.24, 2.45) is 0 Å². The Kier molecular flexibility index (Phi) is 4.88. The minimum atomic E-state index is -1.33. The highest BCUT2D eigenvalue weighted by molar-refractivity contribution is 5.86. The Bertz CT molecular complexity index is 530. The molecule has 0 bridgehead atoms. The van der Waals surface area contributed by atoms with Crippen LogP contribution in [0.5, 0.6) is 0 Å². The fourth-order valence-electron chi connectivity index (χ4n) is 1.79. The molecule has 0 aliphatic heterocycles. The monoisotopic (exact) mass is 254 g/mol. The zero-order valence-corrected chi connectivity index (χ0v) is 10.6. The van der Waals surface area contributed by atoms with Gasteiger partial charge in [0.2, 0.25) is 0 Å². The molecule has 6 heteroatoms. The smallest absolute Gasteiger partial charge is 0.342 e. The lowest BCUT2D eigenvalue weighted by Gasteiger charge is -2.14. The van der Waals surface area contributed by atoms with Gasteiger partial charge in [-0.25, -0.2) is 9.59 Å². The maximum Gasteiger partial charge on any atom is 0.342 e. The second-order valence-electron chi connectivity index (χ2n) is 4.36. The average molecular weight is 254 g/mol. The minimum absolute atomic E-state index is 0.126. The van der Waals surface area contributed by atoms with Crippen molar-refractivity contribution in [3.8, 4) is 0 Å². The first kappa shape index (κ1) is 14.2. The van der Waals surface area contributed by atoms with Crippen LogP contribution in [0.4, 0.5) is 0 Å². The van der Waals surface area contributed by atoms with Gasteiger partial charge in [0.15, 0.2) is 0 Å².